The van der Waals surface area contributed by atoms with Crippen molar-refractivity contribution in [2.24, 2.45) is 0 Å². The lowest BCUT2D eigenvalue weighted by molar-refractivity contribution is 0.963. The fourth-order valence-corrected chi connectivity index (χ4v) is 2.17. The molecule has 2 heterocycles. The number of nitrogens with zero attached hydrogens (tertiary/aromatic N) is 2. The van der Waals surface area contributed by atoms with E-state index in [4.69, 9.17) is 0 Å². The fourth-order valence-electron chi connectivity index (χ4n) is 1.38. The van der Waals surface area contributed by atoms with Crippen molar-refractivity contribution in [1.29, 1.82) is 0 Å². The topological polar surface area (TPSA) is 70.7 Å². The van der Waals surface area contributed by atoms with Crippen molar-refractivity contribution < 1.29 is 0 Å². The highest BCUT2D eigenvalue weighted by atomic mass is 32.1. The van der Waals surface area contributed by atoms with E-state index in [1.165, 1.54) is 11.3 Å². The van der Waals surface area contributed by atoms with E-state index in [0.29, 0.717) is 10.6 Å². The van der Waals surface area contributed by atoms with E-state index in [0.717, 1.165) is 23.8 Å². The fraction of sp³-hybridized carbons (Fsp3) is 0.364. The Bertz CT molecular complexity index is 561. The summed E-state index contributed by atoms with van der Waals surface area (Å²) in [7, 11) is 0. The van der Waals surface area contributed by atoms with E-state index in [1.807, 2.05) is 13.0 Å². The molecule has 0 saturated heterocycles. The molecule has 2 aromatic heterocycles. The molecule has 0 unspecified atom stereocenters. The summed E-state index contributed by atoms with van der Waals surface area (Å²) in [4.78, 5) is 14.5. The van der Waals surface area contributed by atoms with Gasteiger partial charge in [-0.05, 0) is 25.5 Å². The second-order valence-electron chi connectivity index (χ2n) is 3.72. The molecular formula is C11H14N4OS. The van der Waals surface area contributed by atoms with Crippen molar-refractivity contribution in [3.05, 3.63) is 28.2 Å². The number of H-pyrrole nitrogens is 1. The maximum absolute atomic E-state index is 11.7. The maximum Gasteiger partial charge on any atom is 0.258 e. The van der Waals surface area contributed by atoms with Crippen molar-refractivity contribution in [3.63, 3.8) is 0 Å². The molecule has 17 heavy (non-hydrogen) atoms. The second-order valence-corrected chi connectivity index (χ2v) is 4.70. The van der Waals surface area contributed by atoms with E-state index in [9.17, 15) is 4.79 Å². The average molecular weight is 250 g/mol. The van der Waals surface area contributed by atoms with Gasteiger partial charge in [-0.1, -0.05) is 18.3 Å². The molecule has 0 aromatic carbocycles. The minimum absolute atomic E-state index is 0.122. The van der Waals surface area contributed by atoms with Gasteiger partial charge in [-0.2, -0.15) is 0 Å². The highest BCUT2D eigenvalue weighted by molar-refractivity contribution is 7.18. The summed E-state index contributed by atoms with van der Waals surface area (Å²) < 4.78 is 0. The molecule has 0 spiro atoms. The molecule has 2 N–H and O–H groups in total. The Morgan fingerprint density at radius 2 is 2.24 bits per heavy atom. The Morgan fingerprint density at radius 3 is 2.94 bits per heavy atom. The molecule has 0 amide bonds. The van der Waals surface area contributed by atoms with Crippen LogP contribution in [0.25, 0.3) is 10.6 Å². The highest BCUT2D eigenvalue weighted by Crippen LogP contribution is 2.23. The van der Waals surface area contributed by atoms with Gasteiger partial charge in [0.1, 0.15) is 0 Å². The lowest BCUT2D eigenvalue weighted by atomic mass is 10.2. The van der Waals surface area contributed by atoms with E-state index in [1.54, 1.807) is 6.07 Å². The molecule has 5 nitrogen and oxygen atoms in total. The number of aromatic nitrogens is 3. The standard InChI is InChI=1S/C11H14N4OS/c1-3-6-12-11-15-14-10(17-11)8-5-4-7(2)13-9(8)16/h4-5H,3,6H2,1-2H3,(H,12,15)(H,13,16). The van der Waals surface area contributed by atoms with Gasteiger partial charge < -0.3 is 10.3 Å². The number of hydrogen-bond donors (Lipinski definition) is 2. The zero-order valence-electron chi connectivity index (χ0n) is 9.78. The van der Waals surface area contributed by atoms with Crippen molar-refractivity contribution >= 4 is 16.5 Å². The first-order chi connectivity index (χ1) is 8.20. The van der Waals surface area contributed by atoms with E-state index >= 15 is 0 Å². The average Bonchev–Trinajstić information content (AvgIpc) is 2.75. The molecule has 0 radical (unpaired) electrons. The molecule has 2 aromatic rings. The molecule has 0 fully saturated rings. The van der Waals surface area contributed by atoms with Gasteiger partial charge in [0, 0.05) is 12.2 Å². The quantitative estimate of drug-likeness (QED) is 0.871. The number of nitrogens with one attached hydrogen (secondary N) is 2. The van der Waals surface area contributed by atoms with Crippen LogP contribution >= 0.6 is 11.3 Å². The third-order valence-electron chi connectivity index (χ3n) is 2.24. The smallest absolute Gasteiger partial charge is 0.258 e. The van der Waals surface area contributed by atoms with Crippen LogP contribution < -0.4 is 10.9 Å². The number of aromatic amines is 1. The summed E-state index contributed by atoms with van der Waals surface area (Å²) in [6, 6.07) is 3.63. The van der Waals surface area contributed by atoms with Gasteiger partial charge in [-0.25, -0.2) is 0 Å². The van der Waals surface area contributed by atoms with E-state index < -0.39 is 0 Å². The minimum atomic E-state index is -0.122. The number of anilines is 1. The van der Waals surface area contributed by atoms with Gasteiger partial charge >= 0.3 is 0 Å². The Labute approximate surface area is 103 Å². The first-order valence-corrected chi connectivity index (χ1v) is 6.30. The monoisotopic (exact) mass is 250 g/mol. The van der Waals surface area contributed by atoms with Crippen molar-refractivity contribution in [2.45, 2.75) is 20.3 Å². The van der Waals surface area contributed by atoms with Gasteiger partial charge in [0.05, 0.1) is 5.56 Å². The number of pyridine rings is 1. The van der Waals surface area contributed by atoms with Crippen molar-refractivity contribution in [1.82, 2.24) is 15.2 Å². The Morgan fingerprint density at radius 1 is 1.41 bits per heavy atom. The number of rotatable bonds is 4. The molecule has 0 bridgehead atoms. The molecular weight excluding hydrogens is 236 g/mol. The van der Waals surface area contributed by atoms with E-state index in [2.05, 4.69) is 27.4 Å². The minimum Gasteiger partial charge on any atom is -0.360 e. The van der Waals surface area contributed by atoms with Gasteiger partial charge in [-0.15, -0.1) is 10.2 Å². The van der Waals surface area contributed by atoms with Crippen LogP contribution in [0, 0.1) is 6.92 Å². The molecule has 0 aliphatic carbocycles. The molecule has 90 valence electrons. The summed E-state index contributed by atoms with van der Waals surface area (Å²) in [5.74, 6) is 0. The molecule has 0 aliphatic heterocycles. The van der Waals surface area contributed by atoms with Crippen LogP contribution in [0.2, 0.25) is 0 Å². The predicted octanol–water partition coefficient (Wildman–Crippen LogP) is 2.02. The van der Waals surface area contributed by atoms with Gasteiger partial charge in [0.15, 0.2) is 5.01 Å². The van der Waals surface area contributed by atoms with Crippen LogP contribution in [-0.4, -0.2) is 21.7 Å². The zero-order chi connectivity index (χ0) is 12.3. The Hall–Kier alpha value is -1.69. The first-order valence-electron chi connectivity index (χ1n) is 5.48. The summed E-state index contributed by atoms with van der Waals surface area (Å²) >= 11 is 1.39. The zero-order valence-corrected chi connectivity index (χ0v) is 10.6. The van der Waals surface area contributed by atoms with Crippen LogP contribution in [0.3, 0.4) is 0 Å². The molecule has 0 saturated carbocycles. The lowest BCUT2D eigenvalue weighted by Gasteiger charge is -1.96. The van der Waals surface area contributed by atoms with Gasteiger partial charge in [0.25, 0.3) is 5.56 Å². The molecule has 0 aliphatic rings. The largest absolute Gasteiger partial charge is 0.360 e. The third-order valence-corrected chi connectivity index (χ3v) is 3.15. The van der Waals surface area contributed by atoms with Gasteiger partial charge in [0.2, 0.25) is 5.13 Å². The molecule has 2 rings (SSSR count). The van der Waals surface area contributed by atoms with Crippen molar-refractivity contribution in [3.8, 4) is 10.6 Å². The maximum atomic E-state index is 11.7. The molecule has 0 atom stereocenters. The van der Waals surface area contributed by atoms with Gasteiger partial charge in [-0.3, -0.25) is 4.79 Å². The normalized spacial score (nSPS) is 10.5. The van der Waals surface area contributed by atoms with Crippen LogP contribution in [0.15, 0.2) is 16.9 Å². The summed E-state index contributed by atoms with van der Waals surface area (Å²) in [5, 5.41) is 12.6. The number of hydrogen-bond acceptors (Lipinski definition) is 5. The van der Waals surface area contributed by atoms with Crippen LogP contribution in [0.5, 0.6) is 0 Å². The second kappa shape index (κ2) is 5.09. The van der Waals surface area contributed by atoms with Crippen LogP contribution in [-0.2, 0) is 0 Å². The van der Waals surface area contributed by atoms with Crippen molar-refractivity contribution in [2.75, 3.05) is 11.9 Å². The predicted molar refractivity (Wildman–Crippen MR) is 69.5 cm³/mol. The Balaban J connectivity index is 2.27. The van der Waals surface area contributed by atoms with Crippen LogP contribution in [0.4, 0.5) is 5.13 Å². The van der Waals surface area contributed by atoms with Crippen LogP contribution in [0.1, 0.15) is 19.0 Å². The summed E-state index contributed by atoms with van der Waals surface area (Å²) in [5.41, 5.74) is 1.29. The summed E-state index contributed by atoms with van der Waals surface area (Å²) in [6.45, 7) is 4.79. The lowest BCUT2D eigenvalue weighted by Crippen LogP contribution is -2.09. The third kappa shape index (κ3) is 2.71. The highest BCUT2D eigenvalue weighted by Gasteiger charge is 2.09. The number of aryl methyl sites for hydroxylation is 1. The first kappa shape index (κ1) is 11.8. The SMILES string of the molecule is CCCNc1nnc(-c2ccc(C)[nH]c2=O)s1. The molecule has 6 heteroatoms. The Kier molecular flexibility index (Phi) is 3.53. The summed E-state index contributed by atoms with van der Waals surface area (Å²) in [6.07, 6.45) is 1.03. The van der Waals surface area contributed by atoms with E-state index in [-0.39, 0.29) is 5.56 Å².